The van der Waals surface area contributed by atoms with Gasteiger partial charge in [-0.2, -0.15) is 0 Å². The number of furan rings is 1. The summed E-state index contributed by atoms with van der Waals surface area (Å²) < 4.78 is 10.5. The van der Waals surface area contributed by atoms with Crippen LogP contribution in [-0.2, 0) is 9.53 Å². The molecule has 152 valence electrons. The summed E-state index contributed by atoms with van der Waals surface area (Å²) in [5, 5.41) is 5.57. The van der Waals surface area contributed by atoms with Crippen molar-refractivity contribution in [2.75, 3.05) is 12.4 Å². The number of amides is 3. The molecule has 2 aromatic rings. The van der Waals surface area contributed by atoms with Gasteiger partial charge in [0.05, 0.1) is 24.0 Å². The van der Waals surface area contributed by atoms with E-state index in [1.165, 1.54) is 11.2 Å². The van der Waals surface area contributed by atoms with Crippen molar-refractivity contribution < 1.29 is 23.5 Å². The molecule has 1 aromatic heterocycles. The predicted octanol–water partition coefficient (Wildman–Crippen LogP) is 3.45. The normalized spacial score (nSPS) is 16.7. The molecular weight excluding hydrogens is 374 g/mol. The summed E-state index contributed by atoms with van der Waals surface area (Å²) in [5.41, 5.74) is 2.00. The topological polar surface area (TPSA) is 101 Å². The third kappa shape index (κ3) is 4.31. The highest BCUT2D eigenvalue weighted by Crippen LogP contribution is 2.32. The molecule has 8 heteroatoms. The molecule has 0 fully saturated rings. The van der Waals surface area contributed by atoms with Crippen LogP contribution in [0.15, 0.2) is 58.3 Å². The first-order valence-electron chi connectivity index (χ1n) is 9.18. The Kier molecular flexibility index (Phi) is 5.72. The van der Waals surface area contributed by atoms with E-state index in [4.69, 9.17) is 9.15 Å². The molecule has 1 aliphatic heterocycles. The minimum Gasteiger partial charge on any atom is -0.459 e. The highest BCUT2D eigenvalue weighted by molar-refractivity contribution is 6.02. The van der Waals surface area contributed by atoms with Crippen molar-refractivity contribution in [3.63, 3.8) is 0 Å². The molecule has 2 heterocycles. The largest absolute Gasteiger partial charge is 0.459 e. The van der Waals surface area contributed by atoms with Gasteiger partial charge in [-0.25, -0.2) is 9.59 Å². The van der Waals surface area contributed by atoms with Gasteiger partial charge in [0.15, 0.2) is 5.76 Å². The van der Waals surface area contributed by atoms with Crippen LogP contribution in [-0.4, -0.2) is 36.0 Å². The van der Waals surface area contributed by atoms with Crippen molar-refractivity contribution in [3.05, 3.63) is 65.3 Å². The fraction of sp³-hybridized carbons (Fsp3) is 0.286. The minimum atomic E-state index is -0.703. The lowest BCUT2D eigenvalue weighted by atomic mass is 9.94. The van der Waals surface area contributed by atoms with Crippen molar-refractivity contribution in [1.82, 2.24) is 10.2 Å². The van der Waals surface area contributed by atoms with E-state index < -0.39 is 17.9 Å². The zero-order chi connectivity index (χ0) is 21.1. The average Bonchev–Trinajstić information content (AvgIpc) is 3.20. The summed E-state index contributed by atoms with van der Waals surface area (Å²) in [6.07, 6.45) is 1.12. The summed E-state index contributed by atoms with van der Waals surface area (Å²) in [6, 6.07) is 9.07. The molecule has 1 aromatic carbocycles. The molecule has 3 amide bonds. The quantitative estimate of drug-likeness (QED) is 0.753. The predicted molar refractivity (Wildman–Crippen MR) is 106 cm³/mol. The van der Waals surface area contributed by atoms with Crippen LogP contribution >= 0.6 is 0 Å². The Morgan fingerprint density at radius 1 is 1.24 bits per heavy atom. The molecule has 0 spiro atoms. The highest BCUT2D eigenvalue weighted by atomic mass is 16.5. The second-order valence-corrected chi connectivity index (χ2v) is 6.95. The standard InChI is InChI=1S/C21H23N3O5/c1-12(2)29-20(26)17-13(3)24(4)21(27)23-18(17)14-7-5-8-15(11-14)22-19(25)16-9-6-10-28-16/h5-12,18H,1-4H3,(H,22,25)(H,23,27)/t18-/m0/s1. The van der Waals surface area contributed by atoms with Crippen molar-refractivity contribution in [2.45, 2.75) is 32.9 Å². The number of benzene rings is 1. The van der Waals surface area contributed by atoms with E-state index in [1.54, 1.807) is 64.2 Å². The summed E-state index contributed by atoms with van der Waals surface area (Å²) in [6.45, 7) is 5.22. The lowest BCUT2D eigenvalue weighted by molar-refractivity contribution is -0.143. The van der Waals surface area contributed by atoms with Gasteiger partial charge in [-0.1, -0.05) is 12.1 Å². The molecule has 2 N–H and O–H groups in total. The lowest BCUT2D eigenvalue weighted by Crippen LogP contribution is -2.46. The number of nitrogens with one attached hydrogen (secondary N) is 2. The Morgan fingerprint density at radius 3 is 2.66 bits per heavy atom. The Labute approximate surface area is 168 Å². The van der Waals surface area contributed by atoms with Gasteiger partial charge in [0.25, 0.3) is 5.91 Å². The Hall–Kier alpha value is -3.55. The molecule has 1 atom stereocenters. The number of hydrogen-bond donors (Lipinski definition) is 2. The molecule has 3 rings (SSSR count). The van der Waals surface area contributed by atoms with E-state index in [1.807, 2.05) is 0 Å². The number of nitrogens with zero attached hydrogens (tertiary/aromatic N) is 1. The van der Waals surface area contributed by atoms with Crippen LogP contribution in [0.3, 0.4) is 0 Å². The second-order valence-electron chi connectivity index (χ2n) is 6.95. The molecular formula is C21H23N3O5. The van der Waals surface area contributed by atoms with Crippen LogP contribution < -0.4 is 10.6 Å². The lowest BCUT2D eigenvalue weighted by Gasteiger charge is -2.33. The van der Waals surface area contributed by atoms with Crippen molar-refractivity contribution in [1.29, 1.82) is 0 Å². The zero-order valence-electron chi connectivity index (χ0n) is 16.7. The van der Waals surface area contributed by atoms with Gasteiger partial charge in [0.1, 0.15) is 0 Å². The monoisotopic (exact) mass is 397 g/mol. The molecule has 0 aliphatic carbocycles. The van der Waals surface area contributed by atoms with E-state index in [9.17, 15) is 14.4 Å². The first kappa shape index (κ1) is 20.2. The summed E-state index contributed by atoms with van der Waals surface area (Å²) >= 11 is 0. The van der Waals surface area contributed by atoms with Crippen molar-refractivity contribution >= 4 is 23.6 Å². The molecule has 0 radical (unpaired) electrons. The van der Waals surface area contributed by atoms with Gasteiger partial charge in [-0.05, 0) is 50.6 Å². The summed E-state index contributed by atoms with van der Waals surface area (Å²) in [5.74, 6) is -0.718. The first-order chi connectivity index (χ1) is 13.8. The van der Waals surface area contributed by atoms with Gasteiger partial charge < -0.3 is 24.7 Å². The van der Waals surface area contributed by atoms with Crippen LogP contribution in [0.25, 0.3) is 0 Å². The Bertz CT molecular complexity index is 962. The molecule has 0 bridgehead atoms. The minimum absolute atomic E-state index is 0.180. The third-order valence-corrected chi connectivity index (χ3v) is 4.54. The molecule has 8 nitrogen and oxygen atoms in total. The van der Waals surface area contributed by atoms with Crippen LogP contribution in [0.5, 0.6) is 0 Å². The van der Waals surface area contributed by atoms with E-state index >= 15 is 0 Å². The number of ether oxygens (including phenoxy) is 1. The zero-order valence-corrected chi connectivity index (χ0v) is 16.7. The van der Waals surface area contributed by atoms with Crippen LogP contribution in [0.4, 0.5) is 10.5 Å². The van der Waals surface area contributed by atoms with Gasteiger partial charge in [0, 0.05) is 18.4 Å². The number of carbonyl (C=O) groups is 3. The van der Waals surface area contributed by atoms with Crippen LogP contribution in [0.1, 0.15) is 42.9 Å². The maximum absolute atomic E-state index is 12.7. The molecule has 0 saturated carbocycles. The summed E-state index contributed by atoms with van der Waals surface area (Å²) in [7, 11) is 1.59. The van der Waals surface area contributed by atoms with E-state index in [2.05, 4.69) is 10.6 Å². The van der Waals surface area contributed by atoms with Crippen molar-refractivity contribution in [2.24, 2.45) is 0 Å². The fourth-order valence-corrected chi connectivity index (χ4v) is 3.02. The number of rotatable bonds is 5. The van der Waals surface area contributed by atoms with Gasteiger partial charge >= 0.3 is 12.0 Å². The van der Waals surface area contributed by atoms with E-state index in [0.29, 0.717) is 22.5 Å². The number of anilines is 1. The van der Waals surface area contributed by atoms with Gasteiger partial charge in [-0.15, -0.1) is 0 Å². The fourth-order valence-electron chi connectivity index (χ4n) is 3.02. The third-order valence-electron chi connectivity index (χ3n) is 4.54. The van der Waals surface area contributed by atoms with E-state index in [-0.39, 0.29) is 17.9 Å². The molecule has 1 aliphatic rings. The van der Waals surface area contributed by atoms with Gasteiger partial charge in [0.2, 0.25) is 0 Å². The SMILES string of the molecule is CC1=C(C(=O)OC(C)C)[C@H](c2cccc(NC(=O)c3ccco3)c2)NC(=O)N1C. The van der Waals surface area contributed by atoms with Crippen LogP contribution in [0.2, 0.25) is 0 Å². The Morgan fingerprint density at radius 2 is 2.00 bits per heavy atom. The molecule has 29 heavy (non-hydrogen) atoms. The highest BCUT2D eigenvalue weighted by Gasteiger charge is 2.35. The number of esters is 1. The number of allylic oxidation sites excluding steroid dienone is 1. The van der Waals surface area contributed by atoms with Crippen molar-refractivity contribution in [3.8, 4) is 0 Å². The maximum Gasteiger partial charge on any atom is 0.338 e. The van der Waals surface area contributed by atoms with E-state index in [0.717, 1.165) is 0 Å². The van der Waals surface area contributed by atoms with Crippen LogP contribution in [0, 0.1) is 0 Å². The number of hydrogen-bond acceptors (Lipinski definition) is 5. The number of carbonyl (C=O) groups excluding carboxylic acids is 3. The van der Waals surface area contributed by atoms with Gasteiger partial charge in [-0.3, -0.25) is 4.79 Å². The smallest absolute Gasteiger partial charge is 0.338 e. The maximum atomic E-state index is 12.7. The molecule has 0 unspecified atom stereocenters. The second kappa shape index (κ2) is 8.22. The number of urea groups is 1. The summed E-state index contributed by atoms with van der Waals surface area (Å²) in [4.78, 5) is 38.7. The molecule has 0 saturated heterocycles. The Balaban J connectivity index is 1.93. The average molecular weight is 397 g/mol. The first-order valence-corrected chi connectivity index (χ1v) is 9.18.